The van der Waals surface area contributed by atoms with E-state index in [1.807, 2.05) is 0 Å². The van der Waals surface area contributed by atoms with Crippen LogP contribution in [0.5, 0.6) is 0 Å². The monoisotopic (exact) mass is 996 g/mol. The quantitative estimate of drug-likeness (QED) is 0.0194. The molecule has 0 saturated carbocycles. The molecule has 0 spiro atoms. The zero-order chi connectivity index (χ0) is 53.6. The lowest BCUT2D eigenvalue weighted by molar-refractivity contribution is -0.147. The Hall–Kier alpha value is -6.11. The average Bonchev–Trinajstić information content (AvgIpc) is 3.80. The van der Waals surface area contributed by atoms with E-state index in [0.717, 1.165) is 16.8 Å². The van der Waals surface area contributed by atoms with Gasteiger partial charge in [0, 0.05) is 40.7 Å². The van der Waals surface area contributed by atoms with E-state index >= 15 is 0 Å². The van der Waals surface area contributed by atoms with Crippen molar-refractivity contribution < 1.29 is 58.2 Å². The van der Waals surface area contributed by atoms with Crippen molar-refractivity contribution in [2.45, 2.75) is 149 Å². The number of amides is 10. The number of carbonyl (C=O) groups is 10. The van der Waals surface area contributed by atoms with Gasteiger partial charge >= 0.3 is 0 Å². The summed E-state index contributed by atoms with van der Waals surface area (Å²) in [6, 6.07) is -9.08. The molecular weight excluding hydrogens is 915 g/mol. The minimum absolute atomic E-state index is 0.0739. The number of guanidine groups is 1. The summed E-state index contributed by atoms with van der Waals surface area (Å²) in [5.41, 5.74) is 11.0. The Labute approximate surface area is 411 Å². The second kappa shape index (κ2) is 30.5. The highest BCUT2D eigenvalue weighted by molar-refractivity contribution is 5.98. The van der Waals surface area contributed by atoms with Crippen molar-refractivity contribution in [1.29, 1.82) is 0 Å². The molecule has 1 saturated heterocycles. The third-order valence-corrected chi connectivity index (χ3v) is 12.3. The Bertz CT molecular complexity index is 1850. The van der Waals surface area contributed by atoms with E-state index in [1.54, 1.807) is 48.5 Å². The minimum atomic E-state index is -1.72. The van der Waals surface area contributed by atoms with Gasteiger partial charge in [0.25, 0.3) is 0 Å². The zero-order valence-electron chi connectivity index (χ0n) is 42.8. The zero-order valence-corrected chi connectivity index (χ0v) is 42.8. The topological polar surface area (TPSA) is 369 Å². The molecule has 398 valence electrons. The van der Waals surface area contributed by atoms with Gasteiger partial charge in [-0.2, -0.15) is 0 Å². The van der Waals surface area contributed by atoms with Crippen LogP contribution < -0.4 is 48.7 Å². The molecular formula is C45H81N13O12. The van der Waals surface area contributed by atoms with Gasteiger partial charge in [0.15, 0.2) is 5.96 Å². The summed E-state index contributed by atoms with van der Waals surface area (Å²) in [5.74, 6) is -8.71. The van der Waals surface area contributed by atoms with Crippen molar-refractivity contribution >= 4 is 65.0 Å². The van der Waals surface area contributed by atoms with E-state index in [0.29, 0.717) is 32.2 Å². The predicted molar refractivity (Wildman–Crippen MR) is 258 cm³/mol. The van der Waals surface area contributed by atoms with Crippen LogP contribution in [0.1, 0.15) is 101 Å². The third kappa shape index (κ3) is 19.4. The number of likely N-dealkylation sites (tertiary alicyclic amines) is 1. The largest absolute Gasteiger partial charge is 0.394 e. The number of hydrogen-bond acceptors (Lipinski definition) is 13. The Morgan fingerprint density at radius 2 is 1.29 bits per heavy atom. The molecule has 0 aromatic rings. The van der Waals surface area contributed by atoms with Crippen molar-refractivity contribution in [3.05, 3.63) is 0 Å². The Morgan fingerprint density at radius 3 is 1.79 bits per heavy atom. The van der Waals surface area contributed by atoms with Crippen LogP contribution in [0.3, 0.4) is 0 Å². The van der Waals surface area contributed by atoms with Gasteiger partial charge in [0.2, 0.25) is 59.1 Å². The van der Waals surface area contributed by atoms with Crippen LogP contribution in [0.15, 0.2) is 4.99 Å². The van der Waals surface area contributed by atoms with Crippen LogP contribution in [0.4, 0.5) is 0 Å². The lowest BCUT2D eigenvalue weighted by Gasteiger charge is -2.34. The van der Waals surface area contributed by atoms with E-state index < -0.39 is 127 Å². The molecule has 13 N–H and O–H groups in total. The van der Waals surface area contributed by atoms with E-state index in [9.17, 15) is 58.2 Å². The third-order valence-electron chi connectivity index (χ3n) is 12.3. The Morgan fingerprint density at radius 1 is 0.743 bits per heavy atom. The molecule has 1 heterocycles. The lowest BCUT2D eigenvalue weighted by Crippen LogP contribution is -2.63. The minimum Gasteiger partial charge on any atom is -0.394 e. The van der Waals surface area contributed by atoms with Gasteiger partial charge in [-0.3, -0.25) is 52.9 Å². The summed E-state index contributed by atoms with van der Waals surface area (Å²) >= 11 is 0. The molecule has 0 aromatic heterocycles. The Kier molecular flexibility index (Phi) is 27.0. The fourth-order valence-corrected chi connectivity index (χ4v) is 7.42. The van der Waals surface area contributed by atoms with Crippen molar-refractivity contribution in [1.82, 2.24) is 51.9 Å². The van der Waals surface area contributed by atoms with Gasteiger partial charge in [0.05, 0.1) is 25.8 Å². The molecule has 10 amide bonds. The number of nitrogens with zero attached hydrogens (tertiary/aromatic N) is 4. The van der Waals surface area contributed by atoms with E-state index in [4.69, 9.17) is 11.5 Å². The average molecular weight is 996 g/mol. The van der Waals surface area contributed by atoms with Gasteiger partial charge in [-0.1, -0.05) is 54.4 Å². The van der Waals surface area contributed by atoms with Crippen molar-refractivity contribution in [2.75, 3.05) is 53.4 Å². The van der Waals surface area contributed by atoms with Gasteiger partial charge in [-0.05, 0) is 57.3 Å². The van der Waals surface area contributed by atoms with Gasteiger partial charge < -0.3 is 73.6 Å². The maximum Gasteiger partial charge on any atom is 0.248 e. The number of likely N-dealkylation sites (N-methyl/N-ethyl adjacent to an activating group) is 3. The van der Waals surface area contributed by atoms with Crippen molar-refractivity contribution in [3.63, 3.8) is 0 Å². The first-order chi connectivity index (χ1) is 32.8. The molecule has 1 aliphatic heterocycles. The fourth-order valence-electron chi connectivity index (χ4n) is 7.42. The summed E-state index contributed by atoms with van der Waals surface area (Å²) in [5, 5.41) is 39.5. The van der Waals surface area contributed by atoms with Crippen LogP contribution >= 0.6 is 0 Å². The standard InChI is InChI=1S/C45H81N13O12/c1-12-25(6)35(41(67)51-29(17-15-19-49-45(46)47)43(69)58-20-16-18-30(58)38(64)48-14-3)53-39(65)31(23-59)57(11)44(70)37(27(8)60)55-42(68)36(26(7)13-2)54-40(66)34(24(4)5)52-32(62)21-50-33(63)22-56(10)28(9)61/h24-27,29-31,34-37,59-60H,12-23H2,1-11H3,(H,48,64)(H,50,63)(H,51,67)(H,52,62)(H,53,65)(H,54,66)(H,55,68)(H4,46,47,49)/t25?,26?,27?,29-,30-,31-,34-,35-,36+,37-/m0/s1. The first kappa shape index (κ1) is 61.9. The lowest BCUT2D eigenvalue weighted by atomic mass is 9.95. The summed E-state index contributed by atoms with van der Waals surface area (Å²) in [6.07, 6.45) is 0.462. The molecule has 1 rings (SSSR count). The second-order valence-corrected chi connectivity index (χ2v) is 18.2. The van der Waals surface area contributed by atoms with Gasteiger partial charge in [-0.25, -0.2) is 0 Å². The van der Waals surface area contributed by atoms with Crippen LogP contribution in [0, 0.1) is 17.8 Å². The predicted octanol–water partition coefficient (Wildman–Crippen LogP) is -3.87. The molecule has 0 bridgehead atoms. The van der Waals surface area contributed by atoms with Crippen molar-refractivity contribution in [2.24, 2.45) is 34.2 Å². The van der Waals surface area contributed by atoms with Crippen LogP contribution in [-0.2, 0) is 47.9 Å². The highest BCUT2D eigenvalue weighted by atomic mass is 16.3. The molecule has 0 radical (unpaired) electrons. The number of aliphatic hydroxyl groups is 2. The van der Waals surface area contributed by atoms with E-state index in [2.05, 4.69) is 42.2 Å². The van der Waals surface area contributed by atoms with E-state index in [-0.39, 0.29) is 50.2 Å². The molecule has 1 fully saturated rings. The number of nitrogens with one attached hydrogen (secondary N) is 7. The summed E-state index contributed by atoms with van der Waals surface area (Å²) in [7, 11) is 2.57. The second-order valence-electron chi connectivity index (χ2n) is 18.2. The maximum atomic E-state index is 14.1. The normalized spacial score (nSPS) is 17.1. The SMILES string of the molecule is CCNC(=O)[C@@H]1CCCN1C(=O)[C@H](CCCN=C(N)N)NC(=O)[C@@H](NC(=O)[C@H](CO)N(C)C(=O)[C@@H](NC(=O)[C@H](NC(=O)[C@@H](NC(=O)CNC(=O)CN(C)C(C)=O)C(C)C)C(C)CC)C(C)O)C(C)CC. The van der Waals surface area contributed by atoms with Crippen LogP contribution in [0.2, 0.25) is 0 Å². The van der Waals surface area contributed by atoms with Gasteiger partial charge in [0.1, 0.15) is 42.3 Å². The summed E-state index contributed by atoms with van der Waals surface area (Å²) < 4.78 is 0. The highest BCUT2D eigenvalue weighted by Crippen LogP contribution is 2.21. The molecule has 70 heavy (non-hydrogen) atoms. The molecule has 0 aliphatic carbocycles. The maximum absolute atomic E-state index is 14.1. The number of nitrogens with two attached hydrogens (primary N) is 2. The molecule has 10 atom stereocenters. The van der Waals surface area contributed by atoms with E-state index in [1.165, 1.54) is 25.8 Å². The molecule has 25 nitrogen and oxygen atoms in total. The molecule has 3 unspecified atom stereocenters. The van der Waals surface area contributed by atoms with Crippen LogP contribution in [0.25, 0.3) is 0 Å². The molecule has 0 aromatic carbocycles. The number of rotatable bonds is 29. The summed E-state index contributed by atoms with van der Waals surface area (Å²) in [4.78, 5) is 140. The Balaban J connectivity index is 3.32. The molecule has 1 aliphatic rings. The number of carbonyl (C=O) groups excluding carboxylic acids is 10. The van der Waals surface area contributed by atoms with Gasteiger partial charge in [-0.15, -0.1) is 0 Å². The first-order valence-electron chi connectivity index (χ1n) is 24.0. The van der Waals surface area contributed by atoms with Crippen LogP contribution in [-0.4, -0.2) is 192 Å². The smallest absolute Gasteiger partial charge is 0.248 e. The first-order valence-corrected chi connectivity index (χ1v) is 24.0. The number of hydrogen-bond donors (Lipinski definition) is 11. The molecule has 25 heteroatoms. The number of aliphatic imine (C=N–C) groups is 1. The highest BCUT2D eigenvalue weighted by Gasteiger charge is 2.41. The number of aliphatic hydroxyl groups excluding tert-OH is 2. The fraction of sp³-hybridized carbons (Fsp3) is 0.756. The van der Waals surface area contributed by atoms with Crippen molar-refractivity contribution in [3.8, 4) is 0 Å². The summed E-state index contributed by atoms with van der Waals surface area (Å²) in [6.45, 7) is 13.4.